The number of nitrogens with zero attached hydrogens (tertiary/aromatic N) is 1. The summed E-state index contributed by atoms with van der Waals surface area (Å²) in [6, 6.07) is 4.00. The molecular weight excluding hydrogens is 248 g/mol. The summed E-state index contributed by atoms with van der Waals surface area (Å²) < 4.78 is 0. The molecule has 2 rings (SSSR count). The van der Waals surface area contributed by atoms with E-state index in [1.807, 2.05) is 12.1 Å². The first-order valence-electron chi connectivity index (χ1n) is 7.48. The first-order chi connectivity index (χ1) is 9.52. The van der Waals surface area contributed by atoms with E-state index in [0.29, 0.717) is 0 Å². The number of rotatable bonds is 7. The Bertz CT molecular complexity index is 557. The summed E-state index contributed by atoms with van der Waals surface area (Å²) in [5.41, 5.74) is 9.17. The third-order valence-corrected chi connectivity index (χ3v) is 3.82. The van der Waals surface area contributed by atoms with Gasteiger partial charge in [0, 0.05) is 11.9 Å². The molecule has 0 aliphatic heterocycles. The van der Waals surface area contributed by atoms with Gasteiger partial charge in [0.2, 0.25) is 0 Å². The first kappa shape index (κ1) is 14.7. The summed E-state index contributed by atoms with van der Waals surface area (Å²) in [6.45, 7) is 7.78. The van der Waals surface area contributed by atoms with E-state index < -0.39 is 0 Å². The minimum absolute atomic E-state index is 0.282. The lowest BCUT2D eigenvalue weighted by Gasteiger charge is -2.26. The molecule has 0 saturated carbocycles. The molecule has 0 bridgehead atoms. The van der Waals surface area contributed by atoms with E-state index in [-0.39, 0.29) is 5.41 Å². The third kappa shape index (κ3) is 3.65. The van der Waals surface area contributed by atoms with Gasteiger partial charge in [0.25, 0.3) is 0 Å². The quantitative estimate of drug-likeness (QED) is 0.524. The summed E-state index contributed by atoms with van der Waals surface area (Å²) >= 11 is 0. The fourth-order valence-electron chi connectivity index (χ4n) is 2.44. The topological polar surface area (TPSA) is 66.7 Å². The number of anilines is 2. The maximum absolute atomic E-state index is 6.09. The van der Waals surface area contributed by atoms with Gasteiger partial charge in [-0.05, 0) is 24.0 Å². The van der Waals surface area contributed by atoms with Gasteiger partial charge in [0.15, 0.2) is 0 Å². The molecular formula is C16H26N4. The Morgan fingerprint density at radius 2 is 2.10 bits per heavy atom. The Labute approximate surface area is 121 Å². The lowest BCUT2D eigenvalue weighted by molar-refractivity contribution is 0.342. The number of fused-ring (bicyclic) bond motifs is 1. The number of nitrogens with two attached hydrogens (primary N) is 1. The molecule has 1 aromatic heterocycles. The minimum atomic E-state index is 0.282. The number of nitrogens with one attached hydrogen (secondary N) is 2. The highest BCUT2D eigenvalue weighted by molar-refractivity contribution is 5.88. The maximum atomic E-state index is 6.09. The Morgan fingerprint density at radius 1 is 1.30 bits per heavy atom. The predicted octanol–water partition coefficient (Wildman–Crippen LogP) is 4.16. The molecule has 0 spiro atoms. The van der Waals surface area contributed by atoms with Crippen molar-refractivity contribution in [2.24, 2.45) is 5.41 Å². The molecule has 0 aliphatic carbocycles. The van der Waals surface area contributed by atoms with Crippen LogP contribution in [0.2, 0.25) is 0 Å². The van der Waals surface area contributed by atoms with E-state index in [0.717, 1.165) is 28.8 Å². The number of hydrogen-bond donors (Lipinski definition) is 3. The molecule has 1 heterocycles. The van der Waals surface area contributed by atoms with Crippen molar-refractivity contribution in [3.63, 3.8) is 0 Å². The number of nitrogen functional groups attached to an aromatic ring is 1. The molecule has 4 nitrogen and oxygen atoms in total. The zero-order chi connectivity index (χ0) is 14.6. The van der Waals surface area contributed by atoms with Gasteiger partial charge in [0.05, 0.1) is 23.1 Å². The smallest absolute Gasteiger partial charge is 0.0672 e. The van der Waals surface area contributed by atoms with Crippen LogP contribution in [0.4, 0.5) is 11.4 Å². The van der Waals surface area contributed by atoms with E-state index >= 15 is 0 Å². The summed E-state index contributed by atoms with van der Waals surface area (Å²) in [5, 5.41) is 11.6. The Hall–Kier alpha value is -1.71. The van der Waals surface area contributed by atoms with Crippen molar-refractivity contribution >= 4 is 22.3 Å². The molecule has 110 valence electrons. The number of aromatic amines is 1. The zero-order valence-corrected chi connectivity index (χ0v) is 12.8. The molecule has 0 amide bonds. The van der Waals surface area contributed by atoms with Crippen LogP contribution in [0, 0.1) is 5.41 Å². The molecule has 0 aliphatic rings. The molecule has 20 heavy (non-hydrogen) atoms. The minimum Gasteiger partial charge on any atom is -0.397 e. The van der Waals surface area contributed by atoms with Crippen LogP contribution < -0.4 is 11.1 Å². The van der Waals surface area contributed by atoms with Crippen LogP contribution in [0.5, 0.6) is 0 Å². The van der Waals surface area contributed by atoms with Crippen molar-refractivity contribution < 1.29 is 0 Å². The fourth-order valence-corrected chi connectivity index (χ4v) is 2.44. The molecule has 4 heteroatoms. The molecule has 0 unspecified atom stereocenters. The SMILES string of the molecule is CCCCCC(C)(C)CNc1cc2[nH]ncc2cc1N. The standard InChI is InChI=1S/C16H26N4/c1-4-5-6-7-16(2,3)11-18-15-9-14-12(8-13(15)17)10-19-20-14/h8-10,18H,4-7,11,17H2,1-3H3,(H,19,20). The van der Waals surface area contributed by atoms with E-state index in [1.165, 1.54) is 25.7 Å². The Balaban J connectivity index is 1.99. The van der Waals surface area contributed by atoms with Gasteiger partial charge in [0.1, 0.15) is 0 Å². The zero-order valence-electron chi connectivity index (χ0n) is 12.8. The summed E-state index contributed by atoms with van der Waals surface area (Å²) in [5.74, 6) is 0. The summed E-state index contributed by atoms with van der Waals surface area (Å²) in [4.78, 5) is 0. The molecule has 0 radical (unpaired) electrons. The third-order valence-electron chi connectivity index (χ3n) is 3.82. The number of benzene rings is 1. The van der Waals surface area contributed by atoms with Crippen LogP contribution in [0.25, 0.3) is 10.9 Å². The van der Waals surface area contributed by atoms with Gasteiger partial charge in [-0.25, -0.2) is 0 Å². The lowest BCUT2D eigenvalue weighted by Crippen LogP contribution is -2.23. The largest absolute Gasteiger partial charge is 0.397 e. The van der Waals surface area contributed by atoms with Gasteiger partial charge in [-0.15, -0.1) is 0 Å². The van der Waals surface area contributed by atoms with Crippen molar-refractivity contribution in [1.29, 1.82) is 0 Å². The normalized spacial score (nSPS) is 11.9. The van der Waals surface area contributed by atoms with Gasteiger partial charge in [-0.1, -0.05) is 40.0 Å². The summed E-state index contributed by atoms with van der Waals surface area (Å²) in [6.07, 6.45) is 6.91. The highest BCUT2D eigenvalue weighted by atomic mass is 15.1. The van der Waals surface area contributed by atoms with Gasteiger partial charge in [-0.3, -0.25) is 5.10 Å². The number of unbranched alkanes of at least 4 members (excludes halogenated alkanes) is 2. The lowest BCUT2D eigenvalue weighted by atomic mass is 9.87. The fraction of sp³-hybridized carbons (Fsp3) is 0.562. The monoisotopic (exact) mass is 274 g/mol. The van der Waals surface area contributed by atoms with Gasteiger partial charge < -0.3 is 11.1 Å². The van der Waals surface area contributed by atoms with Crippen molar-refractivity contribution in [3.05, 3.63) is 18.3 Å². The van der Waals surface area contributed by atoms with Gasteiger partial charge in [-0.2, -0.15) is 5.10 Å². The molecule has 4 N–H and O–H groups in total. The second kappa shape index (κ2) is 6.16. The number of hydrogen-bond acceptors (Lipinski definition) is 3. The van der Waals surface area contributed by atoms with E-state index in [2.05, 4.69) is 36.3 Å². The molecule has 1 aromatic carbocycles. The maximum Gasteiger partial charge on any atom is 0.0672 e. The average Bonchev–Trinajstić information content (AvgIpc) is 2.83. The van der Waals surface area contributed by atoms with Crippen LogP contribution in [0.1, 0.15) is 46.5 Å². The predicted molar refractivity (Wildman–Crippen MR) is 86.9 cm³/mol. The van der Waals surface area contributed by atoms with Crippen molar-refractivity contribution in [3.8, 4) is 0 Å². The van der Waals surface area contributed by atoms with Crippen LogP contribution in [0.3, 0.4) is 0 Å². The highest BCUT2D eigenvalue weighted by Crippen LogP contribution is 2.28. The second-order valence-corrected chi connectivity index (χ2v) is 6.37. The van der Waals surface area contributed by atoms with Crippen molar-refractivity contribution in [2.45, 2.75) is 46.5 Å². The Morgan fingerprint density at radius 3 is 2.85 bits per heavy atom. The van der Waals surface area contributed by atoms with E-state index in [1.54, 1.807) is 6.20 Å². The molecule has 0 saturated heterocycles. The number of H-pyrrole nitrogens is 1. The average molecular weight is 274 g/mol. The molecule has 2 aromatic rings. The second-order valence-electron chi connectivity index (χ2n) is 6.37. The van der Waals surface area contributed by atoms with Gasteiger partial charge >= 0.3 is 0 Å². The van der Waals surface area contributed by atoms with Crippen LogP contribution >= 0.6 is 0 Å². The molecule has 0 atom stereocenters. The number of aromatic nitrogens is 2. The first-order valence-corrected chi connectivity index (χ1v) is 7.48. The Kier molecular flexibility index (Phi) is 4.53. The van der Waals surface area contributed by atoms with Crippen LogP contribution in [0.15, 0.2) is 18.3 Å². The van der Waals surface area contributed by atoms with Crippen LogP contribution in [-0.4, -0.2) is 16.7 Å². The van der Waals surface area contributed by atoms with Crippen LogP contribution in [-0.2, 0) is 0 Å². The van der Waals surface area contributed by atoms with E-state index in [9.17, 15) is 0 Å². The van der Waals surface area contributed by atoms with Crippen molar-refractivity contribution in [1.82, 2.24) is 10.2 Å². The van der Waals surface area contributed by atoms with Crippen molar-refractivity contribution in [2.75, 3.05) is 17.6 Å². The molecule has 0 fully saturated rings. The highest BCUT2D eigenvalue weighted by Gasteiger charge is 2.17. The van der Waals surface area contributed by atoms with E-state index in [4.69, 9.17) is 5.73 Å². The summed E-state index contributed by atoms with van der Waals surface area (Å²) in [7, 11) is 0.